The molecule has 0 aliphatic heterocycles. The molecular formula is C29H32N4O6. The fraction of sp³-hybridized carbons (Fsp3) is 0.241. The number of hydrogen-bond donors (Lipinski definition) is 3. The van der Waals surface area contributed by atoms with Gasteiger partial charge in [0.25, 0.3) is 5.91 Å². The minimum Gasteiger partial charge on any atom is -0.493 e. The Hall–Kier alpha value is -4.86. The summed E-state index contributed by atoms with van der Waals surface area (Å²) in [6.45, 7) is 2.15. The molecule has 0 saturated carbocycles. The Morgan fingerprint density at radius 1 is 0.897 bits per heavy atom. The first-order valence-electron chi connectivity index (χ1n) is 12.4. The highest BCUT2D eigenvalue weighted by molar-refractivity contribution is 6.35. The SMILES string of the molecule is CCc1ccccc1NC(=O)COc1ccc(/C=N\NC(=O)C(=O)NCCc2ccc(OC)c(OC)c2)cc1. The van der Waals surface area contributed by atoms with Crippen molar-refractivity contribution in [2.24, 2.45) is 5.10 Å². The van der Waals surface area contributed by atoms with Crippen molar-refractivity contribution >= 4 is 29.6 Å². The van der Waals surface area contributed by atoms with Crippen molar-refractivity contribution in [1.29, 1.82) is 0 Å². The summed E-state index contributed by atoms with van der Waals surface area (Å²) < 4.78 is 16.0. The minimum atomic E-state index is -0.880. The van der Waals surface area contributed by atoms with Gasteiger partial charge in [0, 0.05) is 12.2 Å². The van der Waals surface area contributed by atoms with E-state index >= 15 is 0 Å². The summed E-state index contributed by atoms with van der Waals surface area (Å²) in [5, 5.41) is 9.22. The number of para-hydroxylation sites is 1. The van der Waals surface area contributed by atoms with E-state index in [4.69, 9.17) is 14.2 Å². The quantitative estimate of drug-likeness (QED) is 0.187. The lowest BCUT2D eigenvalue weighted by atomic mass is 10.1. The van der Waals surface area contributed by atoms with Gasteiger partial charge in [-0.3, -0.25) is 14.4 Å². The van der Waals surface area contributed by atoms with Gasteiger partial charge in [-0.2, -0.15) is 5.10 Å². The highest BCUT2D eigenvalue weighted by Gasteiger charge is 2.12. The van der Waals surface area contributed by atoms with Crippen LogP contribution in [0.1, 0.15) is 23.6 Å². The second kappa shape index (κ2) is 14.8. The van der Waals surface area contributed by atoms with E-state index in [1.54, 1.807) is 44.6 Å². The van der Waals surface area contributed by atoms with Crippen LogP contribution in [-0.2, 0) is 27.2 Å². The summed E-state index contributed by atoms with van der Waals surface area (Å²) >= 11 is 0. The van der Waals surface area contributed by atoms with Gasteiger partial charge in [-0.15, -0.1) is 0 Å². The number of carbonyl (C=O) groups excluding carboxylic acids is 3. The van der Waals surface area contributed by atoms with Gasteiger partial charge in [0.2, 0.25) is 0 Å². The van der Waals surface area contributed by atoms with E-state index < -0.39 is 11.8 Å². The predicted octanol–water partition coefficient (Wildman–Crippen LogP) is 3.09. The summed E-state index contributed by atoms with van der Waals surface area (Å²) in [6, 6.07) is 19.8. The second-order valence-corrected chi connectivity index (χ2v) is 8.31. The molecule has 0 aliphatic rings. The molecule has 204 valence electrons. The first-order chi connectivity index (χ1) is 18.9. The zero-order valence-corrected chi connectivity index (χ0v) is 22.2. The fourth-order valence-electron chi connectivity index (χ4n) is 3.59. The van der Waals surface area contributed by atoms with Crippen LogP contribution < -0.4 is 30.3 Å². The van der Waals surface area contributed by atoms with Gasteiger partial charge in [-0.25, -0.2) is 5.43 Å². The fourth-order valence-corrected chi connectivity index (χ4v) is 3.59. The summed E-state index contributed by atoms with van der Waals surface area (Å²) in [6.07, 6.45) is 2.71. The summed E-state index contributed by atoms with van der Waals surface area (Å²) in [4.78, 5) is 36.3. The molecule has 3 aromatic rings. The average molecular weight is 533 g/mol. The molecule has 0 radical (unpaired) electrons. The van der Waals surface area contributed by atoms with Crippen molar-refractivity contribution in [3.63, 3.8) is 0 Å². The number of methoxy groups -OCH3 is 2. The number of benzene rings is 3. The largest absolute Gasteiger partial charge is 0.493 e. The van der Waals surface area contributed by atoms with Crippen molar-refractivity contribution in [1.82, 2.24) is 10.7 Å². The molecule has 39 heavy (non-hydrogen) atoms. The van der Waals surface area contributed by atoms with E-state index in [-0.39, 0.29) is 19.1 Å². The minimum absolute atomic E-state index is 0.136. The van der Waals surface area contributed by atoms with Crippen molar-refractivity contribution in [2.75, 3.05) is 32.7 Å². The van der Waals surface area contributed by atoms with E-state index in [2.05, 4.69) is 21.2 Å². The Morgan fingerprint density at radius 2 is 1.64 bits per heavy atom. The van der Waals surface area contributed by atoms with Crippen LogP contribution in [0, 0.1) is 0 Å². The number of aryl methyl sites for hydroxylation is 1. The Balaban J connectivity index is 1.38. The molecule has 0 spiro atoms. The molecule has 3 rings (SSSR count). The van der Waals surface area contributed by atoms with Crippen LogP contribution in [0.4, 0.5) is 5.69 Å². The zero-order chi connectivity index (χ0) is 28.0. The van der Waals surface area contributed by atoms with Gasteiger partial charge >= 0.3 is 11.8 Å². The van der Waals surface area contributed by atoms with Gasteiger partial charge in [0.1, 0.15) is 5.75 Å². The van der Waals surface area contributed by atoms with Crippen molar-refractivity contribution in [3.8, 4) is 17.2 Å². The lowest BCUT2D eigenvalue weighted by Crippen LogP contribution is -2.38. The standard InChI is InChI=1S/C29H32N4O6/c1-4-22-7-5-6-8-24(22)32-27(34)19-39-23-12-9-21(10-13-23)18-31-33-29(36)28(35)30-16-15-20-11-14-25(37-2)26(17-20)38-3/h5-14,17-18H,4,15-16,19H2,1-3H3,(H,30,35)(H,32,34)(H,33,36)/b31-18-. The van der Waals surface area contributed by atoms with E-state index in [0.29, 0.717) is 29.2 Å². The van der Waals surface area contributed by atoms with Crippen LogP contribution in [-0.4, -0.2) is 51.3 Å². The Labute approximate surface area is 227 Å². The molecule has 3 aromatic carbocycles. The number of nitrogens with zero attached hydrogens (tertiary/aromatic N) is 1. The number of ether oxygens (including phenoxy) is 3. The number of nitrogens with one attached hydrogen (secondary N) is 3. The number of hydrazone groups is 1. The van der Waals surface area contributed by atoms with Crippen LogP contribution in [0.5, 0.6) is 17.2 Å². The first kappa shape index (κ1) is 28.7. The third-order valence-corrected chi connectivity index (χ3v) is 5.66. The van der Waals surface area contributed by atoms with E-state index in [1.807, 2.05) is 43.3 Å². The lowest BCUT2D eigenvalue weighted by Gasteiger charge is -2.10. The monoisotopic (exact) mass is 532 g/mol. The normalized spacial score (nSPS) is 10.5. The highest BCUT2D eigenvalue weighted by atomic mass is 16.5. The molecule has 10 nitrogen and oxygen atoms in total. The predicted molar refractivity (Wildman–Crippen MR) is 148 cm³/mol. The number of anilines is 1. The first-order valence-corrected chi connectivity index (χ1v) is 12.4. The Morgan fingerprint density at radius 3 is 2.36 bits per heavy atom. The molecule has 0 aliphatic carbocycles. The van der Waals surface area contributed by atoms with Gasteiger partial charge in [0.05, 0.1) is 20.4 Å². The van der Waals surface area contributed by atoms with Gasteiger partial charge < -0.3 is 24.8 Å². The van der Waals surface area contributed by atoms with Crippen LogP contribution in [0.3, 0.4) is 0 Å². The number of carbonyl (C=O) groups is 3. The van der Waals surface area contributed by atoms with E-state index in [9.17, 15) is 14.4 Å². The van der Waals surface area contributed by atoms with E-state index in [1.165, 1.54) is 6.21 Å². The number of rotatable bonds is 12. The molecule has 0 unspecified atom stereocenters. The third-order valence-electron chi connectivity index (χ3n) is 5.66. The summed E-state index contributed by atoms with van der Waals surface area (Å²) in [7, 11) is 3.10. The summed E-state index contributed by atoms with van der Waals surface area (Å²) in [5.41, 5.74) is 5.60. The van der Waals surface area contributed by atoms with Gasteiger partial charge in [-0.05, 0) is 72.0 Å². The van der Waals surface area contributed by atoms with Crippen LogP contribution in [0.15, 0.2) is 71.8 Å². The third kappa shape index (κ3) is 8.89. The van der Waals surface area contributed by atoms with Crippen LogP contribution in [0.25, 0.3) is 0 Å². The molecule has 10 heteroatoms. The molecular weight excluding hydrogens is 500 g/mol. The maximum atomic E-state index is 12.2. The topological polar surface area (TPSA) is 127 Å². The molecule has 0 fully saturated rings. The molecule has 0 saturated heterocycles. The van der Waals surface area contributed by atoms with Crippen LogP contribution >= 0.6 is 0 Å². The Bertz CT molecular complexity index is 1310. The Kier molecular flexibility index (Phi) is 10.9. The van der Waals surface area contributed by atoms with Crippen molar-refractivity contribution in [3.05, 3.63) is 83.4 Å². The summed E-state index contributed by atoms with van der Waals surface area (Å²) in [5.74, 6) is -0.228. The smallest absolute Gasteiger partial charge is 0.329 e. The molecule has 0 aromatic heterocycles. The van der Waals surface area contributed by atoms with Gasteiger partial charge in [-0.1, -0.05) is 31.2 Å². The number of hydrogen-bond acceptors (Lipinski definition) is 7. The number of amides is 3. The molecule has 0 atom stereocenters. The van der Waals surface area contributed by atoms with Crippen LogP contribution in [0.2, 0.25) is 0 Å². The van der Waals surface area contributed by atoms with E-state index in [0.717, 1.165) is 23.2 Å². The van der Waals surface area contributed by atoms with Gasteiger partial charge in [0.15, 0.2) is 18.1 Å². The molecule has 0 bridgehead atoms. The van der Waals surface area contributed by atoms with Crippen molar-refractivity contribution < 1.29 is 28.6 Å². The molecule has 3 N–H and O–H groups in total. The molecule has 3 amide bonds. The lowest BCUT2D eigenvalue weighted by molar-refractivity contribution is -0.139. The maximum absolute atomic E-state index is 12.2. The second-order valence-electron chi connectivity index (χ2n) is 8.31. The zero-order valence-electron chi connectivity index (χ0n) is 22.2. The molecule has 0 heterocycles. The average Bonchev–Trinajstić information content (AvgIpc) is 2.96. The maximum Gasteiger partial charge on any atom is 0.329 e. The highest BCUT2D eigenvalue weighted by Crippen LogP contribution is 2.27. The van der Waals surface area contributed by atoms with Crippen molar-refractivity contribution in [2.45, 2.75) is 19.8 Å².